The first-order chi connectivity index (χ1) is 14.7. The summed E-state index contributed by atoms with van der Waals surface area (Å²) >= 11 is 0. The SMILES string of the molecule is CCCCCCC[C@@H]1C(=O)C[C@@H](c2ccc(OC)cc2)N[C@H]1c1ccc(OC)cc1. The van der Waals surface area contributed by atoms with Gasteiger partial charge in [0.2, 0.25) is 0 Å². The lowest BCUT2D eigenvalue weighted by Crippen LogP contribution is -2.42. The number of hydrogen-bond acceptors (Lipinski definition) is 4. The molecule has 0 bridgehead atoms. The summed E-state index contributed by atoms with van der Waals surface area (Å²) in [6.45, 7) is 2.23. The van der Waals surface area contributed by atoms with Crippen LogP contribution in [0.1, 0.15) is 75.1 Å². The summed E-state index contributed by atoms with van der Waals surface area (Å²) in [4.78, 5) is 13.2. The second-order valence-electron chi connectivity index (χ2n) is 8.22. The Bertz CT molecular complexity index is 785. The van der Waals surface area contributed by atoms with E-state index in [9.17, 15) is 4.79 Å². The number of methoxy groups -OCH3 is 2. The molecule has 3 atom stereocenters. The summed E-state index contributed by atoms with van der Waals surface area (Å²) in [5.74, 6) is 2.06. The molecular weight excluding hydrogens is 374 g/mol. The predicted octanol–water partition coefficient (Wildman–Crippen LogP) is 6.03. The van der Waals surface area contributed by atoms with Crippen LogP contribution in [0.4, 0.5) is 0 Å². The second-order valence-corrected chi connectivity index (χ2v) is 8.22. The van der Waals surface area contributed by atoms with Gasteiger partial charge in [-0.25, -0.2) is 0 Å². The number of ether oxygens (including phenoxy) is 2. The van der Waals surface area contributed by atoms with Crippen LogP contribution in [0.25, 0.3) is 0 Å². The van der Waals surface area contributed by atoms with Crippen molar-refractivity contribution in [2.75, 3.05) is 14.2 Å². The van der Waals surface area contributed by atoms with E-state index in [0.717, 1.165) is 35.5 Å². The standard InChI is InChI=1S/C26H35NO3/c1-4-5-6-7-8-9-23-25(28)18-24(19-10-14-21(29-2)15-11-19)27-26(23)20-12-16-22(30-3)17-13-20/h10-17,23-24,26-27H,4-9,18H2,1-3H3/t23-,24+,26+/m1/s1. The highest BCUT2D eigenvalue weighted by atomic mass is 16.5. The van der Waals surface area contributed by atoms with E-state index in [-0.39, 0.29) is 18.0 Å². The Labute approximate surface area is 181 Å². The van der Waals surface area contributed by atoms with E-state index in [0.29, 0.717) is 12.2 Å². The average Bonchev–Trinajstić information content (AvgIpc) is 2.79. The van der Waals surface area contributed by atoms with E-state index < -0.39 is 0 Å². The quantitative estimate of drug-likeness (QED) is 0.487. The van der Waals surface area contributed by atoms with Gasteiger partial charge in [0.15, 0.2) is 0 Å². The van der Waals surface area contributed by atoms with Gasteiger partial charge in [-0.05, 0) is 41.8 Å². The highest BCUT2D eigenvalue weighted by Gasteiger charge is 2.37. The Morgan fingerprint density at radius 2 is 1.40 bits per heavy atom. The highest BCUT2D eigenvalue weighted by Crippen LogP contribution is 2.38. The Hall–Kier alpha value is -2.33. The van der Waals surface area contributed by atoms with Crippen LogP contribution in [0, 0.1) is 5.92 Å². The van der Waals surface area contributed by atoms with Crippen LogP contribution in [-0.2, 0) is 4.79 Å². The van der Waals surface area contributed by atoms with Gasteiger partial charge in [0.05, 0.1) is 14.2 Å². The zero-order valence-corrected chi connectivity index (χ0v) is 18.5. The van der Waals surface area contributed by atoms with E-state index >= 15 is 0 Å². The summed E-state index contributed by atoms with van der Waals surface area (Å²) in [6, 6.07) is 16.2. The molecule has 0 aromatic heterocycles. The second kappa shape index (κ2) is 11.2. The minimum Gasteiger partial charge on any atom is -0.497 e. The molecule has 0 aliphatic carbocycles. The minimum absolute atomic E-state index is 0.0202. The molecule has 2 aromatic carbocycles. The van der Waals surface area contributed by atoms with Gasteiger partial charge < -0.3 is 14.8 Å². The summed E-state index contributed by atoms with van der Waals surface area (Å²) < 4.78 is 10.6. The molecule has 0 amide bonds. The molecular formula is C26H35NO3. The van der Waals surface area contributed by atoms with Gasteiger partial charge in [-0.3, -0.25) is 4.79 Å². The summed E-state index contributed by atoms with van der Waals surface area (Å²) in [7, 11) is 3.35. The molecule has 1 N–H and O–H groups in total. The number of Topliss-reactive ketones (excluding diaryl/α,β-unsaturated/α-hetero) is 1. The Morgan fingerprint density at radius 3 is 1.97 bits per heavy atom. The van der Waals surface area contributed by atoms with Crippen LogP contribution in [0.5, 0.6) is 11.5 Å². The zero-order valence-electron chi connectivity index (χ0n) is 18.5. The molecule has 0 spiro atoms. The molecule has 1 aliphatic heterocycles. The number of piperidine rings is 1. The number of nitrogens with one attached hydrogen (secondary N) is 1. The van der Waals surface area contributed by atoms with Crippen molar-refractivity contribution in [1.29, 1.82) is 0 Å². The van der Waals surface area contributed by atoms with E-state index in [1.54, 1.807) is 14.2 Å². The number of rotatable bonds is 10. The lowest BCUT2D eigenvalue weighted by molar-refractivity contribution is -0.127. The molecule has 0 unspecified atom stereocenters. The average molecular weight is 410 g/mol. The molecule has 1 heterocycles. The number of carbonyl (C=O) groups excluding carboxylic acids is 1. The first-order valence-electron chi connectivity index (χ1n) is 11.2. The molecule has 0 saturated carbocycles. The maximum atomic E-state index is 13.2. The maximum absolute atomic E-state index is 13.2. The van der Waals surface area contributed by atoms with Crippen molar-refractivity contribution < 1.29 is 14.3 Å². The van der Waals surface area contributed by atoms with Crippen LogP contribution in [-0.4, -0.2) is 20.0 Å². The van der Waals surface area contributed by atoms with E-state index in [1.807, 2.05) is 24.3 Å². The third-order valence-electron chi connectivity index (χ3n) is 6.21. The number of unbranched alkanes of at least 4 members (excludes halogenated alkanes) is 4. The van der Waals surface area contributed by atoms with E-state index in [1.165, 1.54) is 25.7 Å². The minimum atomic E-state index is 0.0202. The lowest BCUT2D eigenvalue weighted by atomic mass is 9.78. The maximum Gasteiger partial charge on any atom is 0.139 e. The largest absolute Gasteiger partial charge is 0.497 e. The van der Waals surface area contributed by atoms with Crippen LogP contribution < -0.4 is 14.8 Å². The molecule has 0 radical (unpaired) electrons. The molecule has 3 rings (SSSR count). The van der Waals surface area contributed by atoms with Crippen molar-refractivity contribution in [2.45, 2.75) is 64.0 Å². The zero-order chi connectivity index (χ0) is 21.3. The lowest BCUT2D eigenvalue weighted by Gasteiger charge is -2.37. The van der Waals surface area contributed by atoms with Gasteiger partial charge in [-0.15, -0.1) is 0 Å². The number of hydrogen-bond donors (Lipinski definition) is 1. The van der Waals surface area contributed by atoms with Crippen molar-refractivity contribution in [3.63, 3.8) is 0 Å². The van der Waals surface area contributed by atoms with Crippen LogP contribution >= 0.6 is 0 Å². The summed E-state index contributed by atoms with van der Waals surface area (Å²) in [6.07, 6.45) is 7.57. The topological polar surface area (TPSA) is 47.6 Å². The van der Waals surface area contributed by atoms with Gasteiger partial charge in [0, 0.05) is 24.4 Å². The summed E-state index contributed by atoms with van der Waals surface area (Å²) in [5, 5.41) is 3.79. The highest BCUT2D eigenvalue weighted by molar-refractivity contribution is 5.83. The smallest absolute Gasteiger partial charge is 0.139 e. The first-order valence-corrected chi connectivity index (χ1v) is 11.2. The normalized spacial score (nSPS) is 21.4. The number of carbonyl (C=O) groups is 1. The molecule has 1 fully saturated rings. The molecule has 4 nitrogen and oxygen atoms in total. The van der Waals surface area contributed by atoms with Crippen molar-refractivity contribution in [2.24, 2.45) is 5.92 Å². The van der Waals surface area contributed by atoms with E-state index in [2.05, 4.69) is 36.5 Å². The fourth-order valence-corrected chi connectivity index (χ4v) is 4.42. The van der Waals surface area contributed by atoms with Crippen molar-refractivity contribution >= 4 is 5.78 Å². The van der Waals surface area contributed by atoms with Crippen molar-refractivity contribution in [1.82, 2.24) is 5.32 Å². The number of ketones is 1. The molecule has 4 heteroatoms. The summed E-state index contributed by atoms with van der Waals surface area (Å²) in [5.41, 5.74) is 2.28. The Balaban J connectivity index is 1.78. The Morgan fingerprint density at radius 1 is 0.833 bits per heavy atom. The van der Waals surface area contributed by atoms with Crippen molar-refractivity contribution in [3.8, 4) is 11.5 Å². The fraction of sp³-hybridized carbons (Fsp3) is 0.500. The van der Waals surface area contributed by atoms with Crippen LogP contribution in [0.2, 0.25) is 0 Å². The van der Waals surface area contributed by atoms with Gasteiger partial charge in [-0.1, -0.05) is 63.3 Å². The van der Waals surface area contributed by atoms with Crippen LogP contribution in [0.15, 0.2) is 48.5 Å². The fourth-order valence-electron chi connectivity index (χ4n) is 4.42. The third-order valence-corrected chi connectivity index (χ3v) is 6.21. The van der Waals surface area contributed by atoms with Gasteiger partial charge in [0.25, 0.3) is 0 Å². The van der Waals surface area contributed by atoms with Gasteiger partial charge >= 0.3 is 0 Å². The van der Waals surface area contributed by atoms with Crippen molar-refractivity contribution in [3.05, 3.63) is 59.7 Å². The number of benzene rings is 2. The Kier molecular flexibility index (Phi) is 8.32. The third kappa shape index (κ3) is 5.63. The first kappa shape index (κ1) is 22.4. The molecule has 2 aromatic rings. The molecule has 1 aliphatic rings. The molecule has 162 valence electrons. The van der Waals surface area contributed by atoms with E-state index in [4.69, 9.17) is 9.47 Å². The predicted molar refractivity (Wildman–Crippen MR) is 121 cm³/mol. The van der Waals surface area contributed by atoms with Gasteiger partial charge in [0.1, 0.15) is 17.3 Å². The molecule has 1 saturated heterocycles. The van der Waals surface area contributed by atoms with Gasteiger partial charge in [-0.2, -0.15) is 0 Å². The monoisotopic (exact) mass is 409 g/mol. The van der Waals surface area contributed by atoms with Crippen LogP contribution in [0.3, 0.4) is 0 Å². The molecule has 30 heavy (non-hydrogen) atoms.